The maximum Gasteiger partial charge on any atom is 0.0551 e. The van der Waals surface area contributed by atoms with E-state index in [0.29, 0.717) is 0 Å². The van der Waals surface area contributed by atoms with Crippen molar-refractivity contribution in [2.24, 2.45) is 4.99 Å². The van der Waals surface area contributed by atoms with Gasteiger partial charge in [-0.25, -0.2) is 0 Å². The van der Waals surface area contributed by atoms with Gasteiger partial charge in [0.15, 0.2) is 0 Å². The lowest BCUT2D eigenvalue weighted by Gasteiger charge is -2.19. The van der Waals surface area contributed by atoms with E-state index in [4.69, 9.17) is 0 Å². The summed E-state index contributed by atoms with van der Waals surface area (Å²) >= 11 is 0. The standard InChI is InChI=1S/C10H21N/c1-6-8-10(4,5)11-9(3)7-2/h6-8H2,1-5H3. The highest BCUT2D eigenvalue weighted by atomic mass is 14.8. The summed E-state index contributed by atoms with van der Waals surface area (Å²) in [6, 6.07) is 0. The largest absolute Gasteiger partial charge is 0.288 e. The zero-order valence-electron chi connectivity index (χ0n) is 8.57. The molecular weight excluding hydrogens is 134 g/mol. The van der Waals surface area contributed by atoms with Gasteiger partial charge in [0.2, 0.25) is 0 Å². The molecule has 1 nitrogen and oxygen atoms in total. The molecule has 66 valence electrons. The summed E-state index contributed by atoms with van der Waals surface area (Å²) in [6.45, 7) is 10.9. The lowest BCUT2D eigenvalue weighted by atomic mass is 9.99. The number of aliphatic imine (C=N–C) groups is 1. The van der Waals surface area contributed by atoms with Crippen LogP contribution in [0.15, 0.2) is 4.99 Å². The summed E-state index contributed by atoms with van der Waals surface area (Å²) in [6.07, 6.45) is 3.48. The Morgan fingerprint density at radius 1 is 1.27 bits per heavy atom. The molecule has 0 aromatic carbocycles. The molecule has 0 spiro atoms. The van der Waals surface area contributed by atoms with Gasteiger partial charge >= 0.3 is 0 Å². The third-order valence-corrected chi connectivity index (χ3v) is 1.87. The Morgan fingerprint density at radius 3 is 2.18 bits per heavy atom. The Balaban J connectivity index is 4.08. The lowest BCUT2D eigenvalue weighted by molar-refractivity contribution is 0.472. The summed E-state index contributed by atoms with van der Waals surface area (Å²) < 4.78 is 0. The summed E-state index contributed by atoms with van der Waals surface area (Å²) in [5.41, 5.74) is 1.43. The topological polar surface area (TPSA) is 12.4 Å². The Bertz CT molecular complexity index is 134. The Morgan fingerprint density at radius 2 is 1.82 bits per heavy atom. The van der Waals surface area contributed by atoms with E-state index in [0.717, 1.165) is 6.42 Å². The van der Waals surface area contributed by atoms with Crippen LogP contribution in [0.25, 0.3) is 0 Å². The van der Waals surface area contributed by atoms with E-state index in [2.05, 4.69) is 39.6 Å². The van der Waals surface area contributed by atoms with E-state index in [1.807, 2.05) is 0 Å². The van der Waals surface area contributed by atoms with Crippen molar-refractivity contribution in [3.8, 4) is 0 Å². The predicted octanol–water partition coefficient (Wildman–Crippen LogP) is 3.44. The molecule has 1 heteroatoms. The van der Waals surface area contributed by atoms with Crippen molar-refractivity contribution in [2.75, 3.05) is 0 Å². The van der Waals surface area contributed by atoms with Crippen LogP contribution in [-0.2, 0) is 0 Å². The second kappa shape index (κ2) is 4.53. The summed E-state index contributed by atoms with van der Waals surface area (Å²) in [4.78, 5) is 4.63. The molecule has 0 N–H and O–H groups in total. The minimum Gasteiger partial charge on any atom is -0.288 e. The second-order valence-electron chi connectivity index (χ2n) is 3.76. The van der Waals surface area contributed by atoms with Crippen molar-refractivity contribution >= 4 is 5.71 Å². The Kier molecular flexibility index (Phi) is 4.39. The zero-order chi connectivity index (χ0) is 8.91. The first kappa shape index (κ1) is 10.7. The highest BCUT2D eigenvalue weighted by Gasteiger charge is 2.13. The smallest absolute Gasteiger partial charge is 0.0551 e. The molecule has 0 aromatic rings. The fraction of sp³-hybridized carbons (Fsp3) is 0.900. The van der Waals surface area contributed by atoms with Gasteiger partial charge in [-0.1, -0.05) is 20.3 Å². The van der Waals surface area contributed by atoms with Gasteiger partial charge < -0.3 is 0 Å². The number of nitrogens with zero attached hydrogens (tertiary/aromatic N) is 1. The quantitative estimate of drug-likeness (QED) is 0.551. The summed E-state index contributed by atoms with van der Waals surface area (Å²) in [5, 5.41) is 0. The van der Waals surface area contributed by atoms with Crippen molar-refractivity contribution in [2.45, 2.75) is 59.4 Å². The molecule has 11 heavy (non-hydrogen) atoms. The molecule has 0 atom stereocenters. The van der Waals surface area contributed by atoms with Crippen molar-refractivity contribution in [3.05, 3.63) is 0 Å². The second-order valence-corrected chi connectivity index (χ2v) is 3.76. The average Bonchev–Trinajstić information content (AvgIpc) is 1.86. The monoisotopic (exact) mass is 155 g/mol. The molecule has 0 rings (SSSR count). The Labute approximate surface area is 70.9 Å². The minimum absolute atomic E-state index is 0.162. The molecule has 0 aliphatic rings. The maximum absolute atomic E-state index is 4.63. The molecule has 0 radical (unpaired) electrons. The van der Waals surface area contributed by atoms with Crippen LogP contribution in [0.2, 0.25) is 0 Å². The van der Waals surface area contributed by atoms with E-state index in [1.54, 1.807) is 0 Å². The van der Waals surface area contributed by atoms with Crippen molar-refractivity contribution in [3.63, 3.8) is 0 Å². The van der Waals surface area contributed by atoms with Crippen LogP contribution < -0.4 is 0 Å². The number of rotatable bonds is 4. The van der Waals surface area contributed by atoms with E-state index >= 15 is 0 Å². The van der Waals surface area contributed by atoms with Gasteiger partial charge in [0.1, 0.15) is 0 Å². The molecule has 0 fully saturated rings. The SMILES string of the molecule is CCCC(C)(C)N=C(C)CC. The minimum atomic E-state index is 0.162. The lowest BCUT2D eigenvalue weighted by Crippen LogP contribution is -2.17. The first-order chi connectivity index (χ1) is 5.02. The fourth-order valence-electron chi connectivity index (χ4n) is 1.26. The molecule has 0 aromatic heterocycles. The van der Waals surface area contributed by atoms with E-state index < -0.39 is 0 Å². The average molecular weight is 155 g/mol. The molecule has 0 heterocycles. The highest BCUT2D eigenvalue weighted by Crippen LogP contribution is 2.16. The van der Waals surface area contributed by atoms with Crippen molar-refractivity contribution < 1.29 is 0 Å². The van der Waals surface area contributed by atoms with Gasteiger partial charge in [-0.15, -0.1) is 0 Å². The van der Waals surface area contributed by atoms with Gasteiger partial charge in [-0.2, -0.15) is 0 Å². The van der Waals surface area contributed by atoms with Crippen molar-refractivity contribution in [1.82, 2.24) is 0 Å². The van der Waals surface area contributed by atoms with Gasteiger partial charge in [0.25, 0.3) is 0 Å². The molecule has 0 bridgehead atoms. The molecule has 0 saturated heterocycles. The number of hydrogen-bond donors (Lipinski definition) is 0. The van der Waals surface area contributed by atoms with Crippen LogP contribution in [0.3, 0.4) is 0 Å². The van der Waals surface area contributed by atoms with Crippen LogP contribution >= 0.6 is 0 Å². The normalized spacial score (nSPS) is 13.7. The van der Waals surface area contributed by atoms with Crippen LogP contribution in [0.5, 0.6) is 0 Å². The molecule has 0 amide bonds. The summed E-state index contributed by atoms with van der Waals surface area (Å²) in [7, 11) is 0. The van der Waals surface area contributed by atoms with Crippen LogP contribution in [0.1, 0.15) is 53.9 Å². The van der Waals surface area contributed by atoms with E-state index in [1.165, 1.54) is 18.6 Å². The molecule has 0 unspecified atom stereocenters. The first-order valence-corrected chi connectivity index (χ1v) is 4.57. The van der Waals surface area contributed by atoms with E-state index in [9.17, 15) is 0 Å². The van der Waals surface area contributed by atoms with E-state index in [-0.39, 0.29) is 5.54 Å². The summed E-state index contributed by atoms with van der Waals surface area (Å²) in [5.74, 6) is 0. The first-order valence-electron chi connectivity index (χ1n) is 4.57. The number of hydrogen-bond acceptors (Lipinski definition) is 1. The van der Waals surface area contributed by atoms with Gasteiger partial charge in [0, 0.05) is 5.71 Å². The fourth-order valence-corrected chi connectivity index (χ4v) is 1.26. The zero-order valence-corrected chi connectivity index (χ0v) is 8.57. The maximum atomic E-state index is 4.63. The van der Waals surface area contributed by atoms with Gasteiger partial charge in [-0.05, 0) is 33.6 Å². The Hall–Kier alpha value is -0.330. The van der Waals surface area contributed by atoms with Crippen LogP contribution in [-0.4, -0.2) is 11.3 Å². The third-order valence-electron chi connectivity index (χ3n) is 1.87. The molecule has 0 aliphatic heterocycles. The van der Waals surface area contributed by atoms with Gasteiger partial charge in [-0.3, -0.25) is 4.99 Å². The van der Waals surface area contributed by atoms with Crippen molar-refractivity contribution in [1.29, 1.82) is 0 Å². The van der Waals surface area contributed by atoms with Crippen LogP contribution in [0.4, 0.5) is 0 Å². The predicted molar refractivity (Wildman–Crippen MR) is 52.4 cm³/mol. The molecule has 0 aliphatic carbocycles. The third kappa shape index (κ3) is 5.00. The highest BCUT2D eigenvalue weighted by molar-refractivity contribution is 5.81. The van der Waals surface area contributed by atoms with Gasteiger partial charge in [0.05, 0.1) is 5.54 Å². The molecular formula is C10H21N. The van der Waals surface area contributed by atoms with Crippen LogP contribution in [0, 0.1) is 0 Å². The molecule has 0 saturated carbocycles.